The lowest BCUT2D eigenvalue weighted by Gasteiger charge is -2.14. The van der Waals surface area contributed by atoms with Crippen molar-refractivity contribution in [3.8, 4) is 22.3 Å². The van der Waals surface area contributed by atoms with Crippen molar-refractivity contribution < 1.29 is 8.83 Å². The monoisotopic (exact) mass is 478 g/mol. The van der Waals surface area contributed by atoms with Crippen LogP contribution in [0.1, 0.15) is 0 Å². The van der Waals surface area contributed by atoms with E-state index in [1.165, 1.54) is 0 Å². The maximum absolute atomic E-state index is 6.43. The lowest BCUT2D eigenvalue weighted by Crippen LogP contribution is -1.88. The zero-order valence-corrected chi connectivity index (χ0v) is 19.3. The Morgan fingerprint density at radius 2 is 1.06 bits per heavy atom. The van der Waals surface area contributed by atoms with Crippen molar-refractivity contribution in [1.82, 2.24) is 0 Å². The summed E-state index contributed by atoms with van der Waals surface area (Å²) in [6.45, 7) is 0. The van der Waals surface area contributed by atoms with Crippen LogP contribution in [0, 0.1) is 0 Å². The van der Waals surface area contributed by atoms with Gasteiger partial charge in [-0.2, -0.15) is 0 Å². The Labute approximate surface area is 204 Å². The fourth-order valence-electron chi connectivity index (χ4n) is 5.03. The van der Waals surface area contributed by atoms with E-state index in [0.29, 0.717) is 10.0 Å². The lowest BCUT2D eigenvalue weighted by atomic mass is 9.88. The molecule has 7 aromatic rings. The van der Waals surface area contributed by atoms with Crippen molar-refractivity contribution >= 4 is 67.1 Å². The molecule has 2 heterocycles. The molecule has 5 aromatic carbocycles. The van der Waals surface area contributed by atoms with Gasteiger partial charge in [0, 0.05) is 37.2 Å². The van der Waals surface area contributed by atoms with Crippen molar-refractivity contribution in [3.05, 3.63) is 107 Å². The molecule has 0 unspecified atom stereocenters. The quantitative estimate of drug-likeness (QED) is 0.247. The Hall–Kier alpha value is -3.72. The number of hydrogen-bond donors (Lipinski definition) is 0. The molecule has 0 aliphatic heterocycles. The second kappa shape index (κ2) is 7.39. The Kier molecular flexibility index (Phi) is 4.29. The van der Waals surface area contributed by atoms with Crippen LogP contribution >= 0.6 is 23.2 Å². The molecule has 0 bridgehead atoms. The van der Waals surface area contributed by atoms with Gasteiger partial charge in [0.2, 0.25) is 0 Å². The molecule has 0 saturated heterocycles. The molecule has 2 nitrogen and oxygen atoms in total. The largest absolute Gasteiger partial charge is 0.456 e. The van der Waals surface area contributed by atoms with Crippen LogP contribution in [-0.2, 0) is 0 Å². The van der Waals surface area contributed by atoms with Gasteiger partial charge in [0.05, 0.1) is 0 Å². The first kappa shape index (κ1) is 19.7. The summed E-state index contributed by atoms with van der Waals surface area (Å²) in [5, 5.41) is 5.46. The Morgan fingerprint density at radius 1 is 0.471 bits per heavy atom. The van der Waals surface area contributed by atoms with Crippen molar-refractivity contribution in [1.29, 1.82) is 0 Å². The van der Waals surface area contributed by atoms with Crippen LogP contribution in [0.5, 0.6) is 0 Å². The topological polar surface area (TPSA) is 26.3 Å². The van der Waals surface area contributed by atoms with Gasteiger partial charge in [-0.25, -0.2) is 0 Å². The molecule has 0 spiro atoms. The molecule has 0 aliphatic carbocycles. The summed E-state index contributed by atoms with van der Waals surface area (Å²) < 4.78 is 12.5. The zero-order chi connectivity index (χ0) is 22.8. The number of hydrogen-bond acceptors (Lipinski definition) is 2. The molecule has 34 heavy (non-hydrogen) atoms. The summed E-state index contributed by atoms with van der Waals surface area (Å²) in [6, 6.07) is 32.3. The predicted molar refractivity (Wildman–Crippen MR) is 142 cm³/mol. The van der Waals surface area contributed by atoms with E-state index in [9.17, 15) is 0 Å². The highest BCUT2D eigenvalue weighted by Gasteiger charge is 2.21. The van der Waals surface area contributed by atoms with Crippen LogP contribution in [0.4, 0.5) is 0 Å². The molecule has 4 heteroatoms. The maximum Gasteiger partial charge on any atom is 0.136 e. The molecule has 162 valence electrons. The van der Waals surface area contributed by atoms with Gasteiger partial charge in [0.1, 0.15) is 22.3 Å². The average Bonchev–Trinajstić information content (AvgIpc) is 3.41. The van der Waals surface area contributed by atoms with Gasteiger partial charge >= 0.3 is 0 Å². The first-order valence-corrected chi connectivity index (χ1v) is 11.7. The van der Waals surface area contributed by atoms with Gasteiger partial charge < -0.3 is 8.83 Å². The molecular formula is C30H16Cl2O2. The smallest absolute Gasteiger partial charge is 0.136 e. The first-order chi connectivity index (χ1) is 16.7. The molecule has 0 radical (unpaired) electrons. The zero-order valence-electron chi connectivity index (χ0n) is 17.8. The van der Waals surface area contributed by atoms with Crippen molar-refractivity contribution in [3.63, 3.8) is 0 Å². The minimum atomic E-state index is 0.595. The van der Waals surface area contributed by atoms with Gasteiger partial charge in [-0.3, -0.25) is 0 Å². The second-order valence-electron chi connectivity index (χ2n) is 8.39. The number of benzene rings is 5. The van der Waals surface area contributed by atoms with E-state index < -0.39 is 0 Å². The molecule has 0 atom stereocenters. The number of fused-ring (bicyclic) bond motifs is 6. The van der Waals surface area contributed by atoms with E-state index in [1.807, 2.05) is 66.7 Å². The van der Waals surface area contributed by atoms with Crippen molar-refractivity contribution in [2.45, 2.75) is 0 Å². The minimum Gasteiger partial charge on any atom is -0.456 e. The van der Waals surface area contributed by atoms with Crippen molar-refractivity contribution in [2.75, 3.05) is 0 Å². The van der Waals surface area contributed by atoms with Crippen LogP contribution in [0.25, 0.3) is 66.1 Å². The van der Waals surface area contributed by atoms with E-state index in [-0.39, 0.29) is 0 Å². The summed E-state index contributed by atoms with van der Waals surface area (Å²) in [5.41, 5.74) is 7.51. The highest BCUT2D eigenvalue weighted by atomic mass is 35.5. The Balaban J connectivity index is 1.71. The van der Waals surface area contributed by atoms with E-state index in [1.54, 1.807) is 6.07 Å². The fourth-order valence-corrected chi connectivity index (χ4v) is 5.56. The number of rotatable bonds is 2. The third kappa shape index (κ3) is 2.89. The molecular weight excluding hydrogens is 463 g/mol. The predicted octanol–water partition coefficient (Wildman–Crippen LogP) is 10.1. The Bertz CT molecular complexity index is 1870. The maximum atomic E-state index is 6.43. The summed E-state index contributed by atoms with van der Waals surface area (Å²) in [7, 11) is 0. The van der Waals surface area contributed by atoms with Gasteiger partial charge in [-0.15, -0.1) is 0 Å². The molecule has 0 aliphatic rings. The third-order valence-electron chi connectivity index (χ3n) is 6.39. The number of furan rings is 2. The van der Waals surface area contributed by atoms with E-state index in [0.717, 1.165) is 66.1 Å². The highest BCUT2D eigenvalue weighted by molar-refractivity contribution is 6.35. The van der Waals surface area contributed by atoms with Crippen LogP contribution in [0.3, 0.4) is 0 Å². The normalized spacial score (nSPS) is 11.8. The van der Waals surface area contributed by atoms with Gasteiger partial charge in [-0.05, 0) is 59.2 Å². The molecule has 2 aromatic heterocycles. The van der Waals surface area contributed by atoms with E-state index in [2.05, 4.69) is 24.3 Å². The van der Waals surface area contributed by atoms with Crippen LogP contribution in [0.15, 0.2) is 106 Å². The van der Waals surface area contributed by atoms with Crippen LogP contribution in [0.2, 0.25) is 10.0 Å². The molecule has 0 fully saturated rings. The third-order valence-corrected chi connectivity index (χ3v) is 6.83. The molecule has 0 saturated carbocycles. The van der Waals surface area contributed by atoms with Crippen LogP contribution in [-0.4, -0.2) is 0 Å². The lowest BCUT2D eigenvalue weighted by molar-refractivity contribution is 0.668. The highest BCUT2D eigenvalue weighted by Crippen LogP contribution is 2.47. The SMILES string of the molecule is Clc1cc(Cl)cc(-c2ccc3oc4ccccc4c3c2-c2cccc3oc4ccccc4c23)c1. The summed E-state index contributed by atoms with van der Waals surface area (Å²) >= 11 is 12.9. The second-order valence-corrected chi connectivity index (χ2v) is 9.27. The molecule has 0 N–H and O–H groups in total. The Morgan fingerprint density at radius 3 is 1.76 bits per heavy atom. The van der Waals surface area contributed by atoms with Gasteiger partial charge in [-0.1, -0.05) is 77.8 Å². The van der Waals surface area contributed by atoms with Gasteiger partial charge in [0.25, 0.3) is 0 Å². The number of halogens is 2. The van der Waals surface area contributed by atoms with Crippen LogP contribution < -0.4 is 0 Å². The van der Waals surface area contributed by atoms with Gasteiger partial charge in [0.15, 0.2) is 0 Å². The number of para-hydroxylation sites is 2. The standard InChI is InChI=1S/C30H16Cl2O2/c31-18-14-17(15-19(32)16-18)20-12-13-27-30(22-7-2-4-10-25(22)34-27)29(20)23-8-5-11-26-28(23)21-6-1-3-9-24(21)33-26/h1-16H. The van der Waals surface area contributed by atoms with Crippen molar-refractivity contribution in [2.24, 2.45) is 0 Å². The molecule has 7 rings (SSSR count). The summed E-state index contributed by atoms with van der Waals surface area (Å²) in [5.74, 6) is 0. The van der Waals surface area contributed by atoms with E-state index in [4.69, 9.17) is 32.0 Å². The average molecular weight is 479 g/mol. The fraction of sp³-hybridized carbons (Fsp3) is 0. The summed E-state index contributed by atoms with van der Waals surface area (Å²) in [6.07, 6.45) is 0. The first-order valence-electron chi connectivity index (χ1n) is 11.0. The van der Waals surface area contributed by atoms with E-state index >= 15 is 0 Å². The summed E-state index contributed by atoms with van der Waals surface area (Å²) in [4.78, 5) is 0. The molecule has 0 amide bonds. The minimum absolute atomic E-state index is 0.595.